The van der Waals surface area contributed by atoms with Crippen LogP contribution in [0.5, 0.6) is 0 Å². The van der Waals surface area contributed by atoms with E-state index in [0.29, 0.717) is 0 Å². The van der Waals surface area contributed by atoms with Crippen molar-refractivity contribution in [2.75, 3.05) is 26.2 Å². The van der Waals surface area contributed by atoms with E-state index in [-0.39, 0.29) is 0 Å². The molecule has 0 bridgehead atoms. The zero-order valence-corrected chi connectivity index (χ0v) is 14.1. The summed E-state index contributed by atoms with van der Waals surface area (Å²) in [7, 11) is 0. The first kappa shape index (κ1) is 18.0. The molecule has 120 valence electrons. The summed E-state index contributed by atoms with van der Waals surface area (Å²) in [5.41, 5.74) is 0. The lowest BCUT2D eigenvalue weighted by atomic mass is 9.83. The van der Waals surface area contributed by atoms with Gasteiger partial charge in [0.1, 0.15) is 0 Å². The quantitative estimate of drug-likeness (QED) is 0.550. The predicted molar refractivity (Wildman–Crippen MR) is 90.2 cm³/mol. The molecule has 1 aliphatic heterocycles. The smallest absolute Gasteiger partial charge is 0.00768 e. The Balaban J connectivity index is 2.31. The minimum absolute atomic E-state index is 0.862. The first-order valence-electron chi connectivity index (χ1n) is 9.29. The Morgan fingerprint density at radius 2 is 1.25 bits per heavy atom. The summed E-state index contributed by atoms with van der Waals surface area (Å²) in [5, 5.41) is 7.24. The Kier molecular flexibility index (Phi) is 11.4. The van der Waals surface area contributed by atoms with Crippen molar-refractivity contribution in [2.45, 2.75) is 78.1 Å². The fourth-order valence-electron chi connectivity index (χ4n) is 3.44. The highest BCUT2D eigenvalue weighted by Gasteiger charge is 2.21. The van der Waals surface area contributed by atoms with Crippen molar-refractivity contribution < 1.29 is 0 Å². The molecule has 0 unspecified atom stereocenters. The van der Waals surface area contributed by atoms with Gasteiger partial charge in [-0.05, 0) is 24.9 Å². The first-order valence-corrected chi connectivity index (χ1v) is 9.29. The molecule has 1 heterocycles. The highest BCUT2D eigenvalue weighted by atomic mass is 15.0. The van der Waals surface area contributed by atoms with Crippen LogP contribution in [0.1, 0.15) is 78.1 Å². The van der Waals surface area contributed by atoms with Gasteiger partial charge in [-0.15, -0.1) is 0 Å². The molecule has 2 nitrogen and oxygen atoms in total. The predicted octanol–water partition coefficient (Wildman–Crippen LogP) is 4.35. The number of nitrogens with one attached hydrogen (secondary N) is 2. The van der Waals surface area contributed by atoms with Gasteiger partial charge in [0.25, 0.3) is 0 Å². The van der Waals surface area contributed by atoms with E-state index >= 15 is 0 Å². The number of hydrogen-bond donors (Lipinski definition) is 2. The van der Waals surface area contributed by atoms with Gasteiger partial charge in [-0.2, -0.15) is 0 Å². The summed E-state index contributed by atoms with van der Waals surface area (Å²) in [5.74, 6) is 1.81. The molecule has 0 aromatic carbocycles. The van der Waals surface area contributed by atoms with E-state index in [2.05, 4.69) is 24.5 Å². The van der Waals surface area contributed by atoms with Gasteiger partial charge in [0.15, 0.2) is 0 Å². The van der Waals surface area contributed by atoms with Crippen LogP contribution < -0.4 is 10.6 Å². The maximum Gasteiger partial charge on any atom is 0.00768 e. The van der Waals surface area contributed by atoms with E-state index < -0.39 is 0 Å². The van der Waals surface area contributed by atoms with E-state index in [1.807, 2.05) is 0 Å². The summed E-state index contributed by atoms with van der Waals surface area (Å²) in [4.78, 5) is 0. The van der Waals surface area contributed by atoms with Gasteiger partial charge in [0.2, 0.25) is 0 Å². The monoisotopic (exact) mass is 282 g/mol. The molecule has 0 amide bonds. The molecular weight excluding hydrogens is 244 g/mol. The van der Waals surface area contributed by atoms with Crippen LogP contribution in [0.2, 0.25) is 0 Å². The van der Waals surface area contributed by atoms with Crippen molar-refractivity contribution in [3.05, 3.63) is 0 Å². The van der Waals surface area contributed by atoms with Crippen LogP contribution in [0.4, 0.5) is 0 Å². The molecule has 0 radical (unpaired) electrons. The Morgan fingerprint density at radius 3 is 1.70 bits per heavy atom. The molecule has 1 saturated heterocycles. The van der Waals surface area contributed by atoms with Crippen molar-refractivity contribution in [1.29, 1.82) is 0 Å². The maximum atomic E-state index is 3.62. The lowest BCUT2D eigenvalue weighted by molar-refractivity contribution is 0.273. The van der Waals surface area contributed by atoms with Crippen LogP contribution in [0.25, 0.3) is 0 Å². The van der Waals surface area contributed by atoms with Crippen LogP contribution in [0.15, 0.2) is 0 Å². The Morgan fingerprint density at radius 1 is 0.750 bits per heavy atom. The topological polar surface area (TPSA) is 24.1 Å². The molecule has 2 heteroatoms. The van der Waals surface area contributed by atoms with Gasteiger partial charge in [-0.25, -0.2) is 0 Å². The lowest BCUT2D eigenvalue weighted by Gasteiger charge is -2.26. The van der Waals surface area contributed by atoms with Crippen molar-refractivity contribution in [3.63, 3.8) is 0 Å². The second kappa shape index (κ2) is 12.6. The molecule has 1 aliphatic rings. The molecule has 0 aromatic heterocycles. The summed E-state index contributed by atoms with van der Waals surface area (Å²) in [6, 6.07) is 0. The third kappa shape index (κ3) is 8.26. The van der Waals surface area contributed by atoms with Crippen molar-refractivity contribution in [1.82, 2.24) is 10.6 Å². The maximum absolute atomic E-state index is 3.62. The van der Waals surface area contributed by atoms with Crippen LogP contribution in [0.3, 0.4) is 0 Å². The van der Waals surface area contributed by atoms with Crippen LogP contribution in [-0.4, -0.2) is 26.2 Å². The van der Waals surface area contributed by atoms with Crippen molar-refractivity contribution >= 4 is 0 Å². The lowest BCUT2D eigenvalue weighted by Crippen LogP contribution is -2.30. The van der Waals surface area contributed by atoms with E-state index in [0.717, 1.165) is 24.9 Å². The average molecular weight is 283 g/mol. The fraction of sp³-hybridized carbons (Fsp3) is 1.00. The molecule has 2 N–H and O–H groups in total. The summed E-state index contributed by atoms with van der Waals surface area (Å²) < 4.78 is 0. The molecule has 0 saturated carbocycles. The molecule has 1 rings (SSSR count). The zero-order chi connectivity index (χ0) is 14.5. The highest BCUT2D eigenvalue weighted by molar-refractivity contribution is 4.77. The zero-order valence-electron chi connectivity index (χ0n) is 14.1. The normalized spacial score (nSPS) is 17.6. The summed E-state index contributed by atoms with van der Waals surface area (Å²) in [6.45, 7) is 9.38. The van der Waals surface area contributed by atoms with Crippen LogP contribution >= 0.6 is 0 Å². The average Bonchev–Trinajstić information content (AvgIpc) is 2.75. The Labute approximate surface area is 127 Å². The van der Waals surface area contributed by atoms with Gasteiger partial charge >= 0.3 is 0 Å². The standard InChI is InChI=1S/C18H38N2/c1-3-5-7-9-11-17(12-10-8-6-4-2)18-15-19-13-14-20-16-18/h17-20H,3-16H2,1-2H3. The molecule has 0 spiro atoms. The van der Waals surface area contributed by atoms with Crippen LogP contribution in [-0.2, 0) is 0 Å². The molecule has 0 aliphatic carbocycles. The molecule has 0 aromatic rings. The fourth-order valence-corrected chi connectivity index (χ4v) is 3.44. The van der Waals surface area contributed by atoms with E-state index in [4.69, 9.17) is 0 Å². The number of unbranched alkanes of at least 4 members (excludes halogenated alkanes) is 6. The van der Waals surface area contributed by atoms with E-state index in [1.165, 1.54) is 77.3 Å². The Hall–Kier alpha value is -0.0800. The van der Waals surface area contributed by atoms with Gasteiger partial charge < -0.3 is 10.6 Å². The third-order valence-corrected chi connectivity index (χ3v) is 4.82. The Bertz CT molecular complexity index is 186. The van der Waals surface area contributed by atoms with E-state index in [1.54, 1.807) is 0 Å². The first-order chi connectivity index (χ1) is 9.88. The van der Waals surface area contributed by atoms with Crippen LogP contribution in [0, 0.1) is 11.8 Å². The largest absolute Gasteiger partial charge is 0.315 e. The molecule has 0 atom stereocenters. The van der Waals surface area contributed by atoms with Gasteiger partial charge in [0.05, 0.1) is 0 Å². The number of rotatable bonds is 11. The number of hydrogen-bond acceptors (Lipinski definition) is 2. The van der Waals surface area contributed by atoms with Crippen molar-refractivity contribution in [3.8, 4) is 0 Å². The summed E-state index contributed by atoms with van der Waals surface area (Å²) in [6.07, 6.45) is 14.2. The second-order valence-corrected chi connectivity index (χ2v) is 6.63. The van der Waals surface area contributed by atoms with Gasteiger partial charge in [-0.3, -0.25) is 0 Å². The van der Waals surface area contributed by atoms with Crippen molar-refractivity contribution in [2.24, 2.45) is 11.8 Å². The third-order valence-electron chi connectivity index (χ3n) is 4.82. The minimum atomic E-state index is 0.862. The second-order valence-electron chi connectivity index (χ2n) is 6.63. The van der Waals surface area contributed by atoms with Gasteiger partial charge in [0, 0.05) is 13.1 Å². The highest BCUT2D eigenvalue weighted by Crippen LogP contribution is 2.25. The molecule has 20 heavy (non-hydrogen) atoms. The molecule has 1 fully saturated rings. The summed E-state index contributed by atoms with van der Waals surface area (Å²) >= 11 is 0. The van der Waals surface area contributed by atoms with E-state index in [9.17, 15) is 0 Å². The minimum Gasteiger partial charge on any atom is -0.315 e. The SMILES string of the molecule is CCCCCCC(CCCCCC)C1CNCCNC1. The molecular formula is C18H38N2. The van der Waals surface area contributed by atoms with Gasteiger partial charge in [-0.1, -0.05) is 78.1 Å².